The van der Waals surface area contributed by atoms with Gasteiger partial charge in [-0.05, 0) is 43.9 Å². The zero-order chi connectivity index (χ0) is 23.3. The van der Waals surface area contributed by atoms with Gasteiger partial charge >= 0.3 is 0 Å². The summed E-state index contributed by atoms with van der Waals surface area (Å²) < 4.78 is 31.7. The predicted octanol–water partition coefficient (Wildman–Crippen LogP) is 3.85. The first-order valence-corrected chi connectivity index (χ1v) is 11.7. The van der Waals surface area contributed by atoms with Gasteiger partial charge in [0, 0.05) is 54.0 Å². The standard InChI is InChI=1S/C23H25ClN4O3S/c1-27(2)13-11-25-32(30,31)22-15-19(8-9-20(22)18-10-12-28(3)16-18)26-23(29)14-17-6-4-5-7-21(17)24/h4-12,15-16H,13-14H2,1-3H3,(H,26,29). The summed E-state index contributed by atoms with van der Waals surface area (Å²) in [6, 6.07) is 13.7. The van der Waals surface area contributed by atoms with Crippen LogP contribution in [0.15, 0.2) is 70.2 Å². The third-order valence-corrected chi connectivity index (χ3v) is 6.34. The van der Waals surface area contributed by atoms with Crippen molar-refractivity contribution in [2.24, 2.45) is 11.4 Å². The number of carbonyl (C=O) groups is 1. The quantitative estimate of drug-likeness (QED) is 0.505. The zero-order valence-corrected chi connectivity index (χ0v) is 19.7. The van der Waals surface area contributed by atoms with E-state index in [0.29, 0.717) is 28.4 Å². The number of carbonyl (C=O) groups excluding carboxylic acids is 1. The van der Waals surface area contributed by atoms with Crippen molar-refractivity contribution in [1.29, 1.82) is 0 Å². The Morgan fingerprint density at radius 1 is 1.19 bits per heavy atom. The molecule has 0 aliphatic heterocycles. The van der Waals surface area contributed by atoms with E-state index in [2.05, 4.69) is 9.71 Å². The lowest BCUT2D eigenvalue weighted by atomic mass is 10.1. The van der Waals surface area contributed by atoms with Gasteiger partial charge in [0.15, 0.2) is 0 Å². The van der Waals surface area contributed by atoms with E-state index in [1.807, 2.05) is 49.1 Å². The first kappa shape index (κ1) is 23.7. The number of nitrogens with zero attached hydrogens (tertiary/aromatic N) is 3. The molecule has 1 amide bonds. The topological polar surface area (TPSA) is 83.8 Å². The summed E-state index contributed by atoms with van der Waals surface area (Å²) in [6.45, 7) is 0.383. The molecule has 1 aromatic heterocycles. The van der Waals surface area contributed by atoms with Crippen molar-refractivity contribution >= 4 is 39.4 Å². The van der Waals surface area contributed by atoms with Crippen LogP contribution in [0.3, 0.4) is 0 Å². The first-order chi connectivity index (χ1) is 15.2. The fourth-order valence-corrected chi connectivity index (χ4v) is 4.40. The van der Waals surface area contributed by atoms with Crippen molar-refractivity contribution in [2.75, 3.05) is 26.0 Å². The second-order valence-corrected chi connectivity index (χ2v) is 9.63. The zero-order valence-electron chi connectivity index (χ0n) is 18.1. The molecule has 3 rings (SSSR count). The van der Waals surface area contributed by atoms with E-state index in [4.69, 9.17) is 11.6 Å². The second kappa shape index (κ2) is 10.1. The van der Waals surface area contributed by atoms with Crippen molar-refractivity contribution in [3.05, 3.63) is 71.5 Å². The van der Waals surface area contributed by atoms with Crippen LogP contribution in [0.5, 0.6) is 0 Å². The Hall–Kier alpha value is -2.94. The van der Waals surface area contributed by atoms with E-state index in [1.54, 1.807) is 36.4 Å². The largest absolute Gasteiger partial charge is 0.357 e. The molecule has 1 N–H and O–H groups in total. The van der Waals surface area contributed by atoms with Crippen LogP contribution in [0.2, 0.25) is 5.02 Å². The molecule has 0 fully saturated rings. The van der Waals surface area contributed by atoms with Crippen LogP contribution >= 0.6 is 11.6 Å². The SMILES string of the molecule is CN(C)CC=NS(=O)(=O)c1cc(NC(=O)Cc2ccccc2Cl)ccc1-c1ccn(C)c1. The van der Waals surface area contributed by atoms with Gasteiger partial charge in [0.1, 0.15) is 0 Å². The van der Waals surface area contributed by atoms with Crippen molar-refractivity contribution in [3.63, 3.8) is 0 Å². The lowest BCUT2D eigenvalue weighted by Crippen LogP contribution is -2.16. The highest BCUT2D eigenvalue weighted by molar-refractivity contribution is 7.90. The second-order valence-electron chi connectivity index (χ2n) is 7.62. The van der Waals surface area contributed by atoms with Crippen LogP contribution in [-0.2, 0) is 28.3 Å². The summed E-state index contributed by atoms with van der Waals surface area (Å²) in [4.78, 5) is 14.4. The third kappa shape index (κ3) is 6.06. The van der Waals surface area contributed by atoms with Crippen LogP contribution in [0, 0.1) is 0 Å². The van der Waals surface area contributed by atoms with Crippen molar-refractivity contribution in [2.45, 2.75) is 11.3 Å². The van der Waals surface area contributed by atoms with E-state index < -0.39 is 10.0 Å². The Balaban J connectivity index is 1.94. The number of hydrogen-bond acceptors (Lipinski definition) is 4. The van der Waals surface area contributed by atoms with Gasteiger partial charge in [0.05, 0.1) is 11.3 Å². The molecule has 9 heteroatoms. The molecule has 0 radical (unpaired) electrons. The molecule has 168 valence electrons. The molecule has 2 aromatic carbocycles. The van der Waals surface area contributed by atoms with Crippen molar-refractivity contribution < 1.29 is 13.2 Å². The Labute approximate surface area is 193 Å². The molecule has 0 aliphatic carbocycles. The summed E-state index contributed by atoms with van der Waals surface area (Å²) in [5, 5.41) is 3.26. The summed E-state index contributed by atoms with van der Waals surface area (Å²) >= 11 is 6.14. The van der Waals surface area contributed by atoms with Gasteiger partial charge in [-0.15, -0.1) is 0 Å². The third-order valence-electron chi connectivity index (χ3n) is 4.66. The van der Waals surface area contributed by atoms with E-state index in [-0.39, 0.29) is 17.2 Å². The number of amides is 1. The van der Waals surface area contributed by atoms with E-state index in [1.165, 1.54) is 12.3 Å². The highest BCUT2D eigenvalue weighted by Crippen LogP contribution is 2.31. The van der Waals surface area contributed by atoms with Gasteiger partial charge in [0.2, 0.25) is 5.91 Å². The number of anilines is 1. The Kier molecular flexibility index (Phi) is 7.50. The normalized spacial score (nSPS) is 11.9. The predicted molar refractivity (Wildman–Crippen MR) is 129 cm³/mol. The lowest BCUT2D eigenvalue weighted by molar-refractivity contribution is -0.115. The van der Waals surface area contributed by atoms with E-state index in [0.717, 1.165) is 5.56 Å². The monoisotopic (exact) mass is 472 g/mol. The van der Waals surface area contributed by atoms with Gasteiger partial charge < -0.3 is 14.8 Å². The summed E-state index contributed by atoms with van der Waals surface area (Å²) in [6.07, 6.45) is 5.09. The number of nitrogens with one attached hydrogen (secondary N) is 1. The highest BCUT2D eigenvalue weighted by atomic mass is 35.5. The number of benzene rings is 2. The molecule has 0 atom stereocenters. The van der Waals surface area contributed by atoms with E-state index in [9.17, 15) is 13.2 Å². The van der Waals surface area contributed by atoms with Crippen LogP contribution in [-0.4, -0.2) is 50.6 Å². The molecule has 0 spiro atoms. The molecule has 0 saturated carbocycles. The molecular formula is C23H25ClN4O3S. The van der Waals surface area contributed by atoms with Gasteiger partial charge in [-0.3, -0.25) is 4.79 Å². The molecular weight excluding hydrogens is 448 g/mol. The molecule has 0 saturated heterocycles. The van der Waals surface area contributed by atoms with Crippen LogP contribution in [0.1, 0.15) is 5.56 Å². The van der Waals surface area contributed by atoms with E-state index >= 15 is 0 Å². The maximum absolute atomic E-state index is 13.0. The summed E-state index contributed by atoms with van der Waals surface area (Å²) in [7, 11) is 1.51. The van der Waals surface area contributed by atoms with Crippen LogP contribution < -0.4 is 5.32 Å². The molecule has 0 aliphatic rings. The summed E-state index contributed by atoms with van der Waals surface area (Å²) in [5.41, 5.74) is 2.30. The number of aromatic nitrogens is 1. The fraction of sp³-hybridized carbons (Fsp3) is 0.217. The fourth-order valence-electron chi connectivity index (χ4n) is 3.09. The Morgan fingerprint density at radius 2 is 1.94 bits per heavy atom. The maximum Gasteiger partial charge on any atom is 0.282 e. The molecule has 3 aromatic rings. The first-order valence-electron chi connectivity index (χ1n) is 9.89. The van der Waals surface area contributed by atoms with Crippen LogP contribution in [0.4, 0.5) is 5.69 Å². The minimum atomic E-state index is -3.99. The highest BCUT2D eigenvalue weighted by Gasteiger charge is 2.20. The van der Waals surface area contributed by atoms with Gasteiger partial charge in [-0.25, -0.2) is 0 Å². The number of halogens is 1. The molecule has 1 heterocycles. The Morgan fingerprint density at radius 3 is 2.59 bits per heavy atom. The minimum Gasteiger partial charge on any atom is -0.357 e. The smallest absolute Gasteiger partial charge is 0.282 e. The maximum atomic E-state index is 13.0. The van der Waals surface area contributed by atoms with Gasteiger partial charge in [0.25, 0.3) is 10.0 Å². The molecule has 0 bridgehead atoms. The number of aryl methyl sites for hydroxylation is 1. The minimum absolute atomic E-state index is 0.0225. The van der Waals surface area contributed by atoms with Gasteiger partial charge in [-0.1, -0.05) is 35.9 Å². The average Bonchev–Trinajstić information content (AvgIpc) is 3.15. The molecule has 0 unspecified atom stereocenters. The number of hydrogen-bond donors (Lipinski definition) is 1. The summed E-state index contributed by atoms with van der Waals surface area (Å²) in [5.74, 6) is -0.301. The molecule has 32 heavy (non-hydrogen) atoms. The number of rotatable bonds is 8. The lowest BCUT2D eigenvalue weighted by Gasteiger charge is -2.12. The van der Waals surface area contributed by atoms with Crippen LogP contribution in [0.25, 0.3) is 11.1 Å². The average molecular weight is 473 g/mol. The number of sulfonamides is 1. The van der Waals surface area contributed by atoms with Gasteiger partial charge in [-0.2, -0.15) is 12.8 Å². The van der Waals surface area contributed by atoms with Crippen molar-refractivity contribution in [1.82, 2.24) is 9.47 Å². The molecule has 7 nitrogen and oxygen atoms in total. The Bertz CT molecular complexity index is 1250. The van der Waals surface area contributed by atoms with Crippen molar-refractivity contribution in [3.8, 4) is 11.1 Å².